The number of aromatic nitrogens is 2. The minimum Gasteiger partial charge on any atom is -0.340 e. The van der Waals surface area contributed by atoms with E-state index in [-0.39, 0.29) is 17.9 Å². The van der Waals surface area contributed by atoms with E-state index in [4.69, 9.17) is 0 Å². The highest BCUT2D eigenvalue weighted by Crippen LogP contribution is 2.25. The summed E-state index contributed by atoms with van der Waals surface area (Å²) in [6, 6.07) is 0.253. The molecule has 0 N–H and O–H groups in total. The number of piperidine rings is 1. The number of rotatable bonds is 3. The number of hydrogen-bond donors (Lipinski definition) is 0. The summed E-state index contributed by atoms with van der Waals surface area (Å²) in [4.78, 5) is 19.1. The first kappa shape index (κ1) is 13.3. The lowest BCUT2D eigenvalue weighted by Crippen LogP contribution is -2.45. The molecule has 20 heavy (non-hydrogen) atoms. The molecule has 0 saturated carbocycles. The first-order chi connectivity index (χ1) is 9.65. The summed E-state index contributed by atoms with van der Waals surface area (Å²) in [5, 5.41) is 3.58. The molecule has 0 aromatic carbocycles. The van der Waals surface area contributed by atoms with Crippen molar-refractivity contribution in [3.8, 4) is 0 Å². The van der Waals surface area contributed by atoms with Gasteiger partial charge in [-0.3, -0.25) is 4.79 Å². The van der Waals surface area contributed by atoms with Crippen molar-refractivity contribution in [3.05, 3.63) is 5.89 Å². The summed E-state index contributed by atoms with van der Waals surface area (Å²) in [5.74, 6) is -0.202. The second kappa shape index (κ2) is 5.34. The Hall–Kier alpha value is -1.73. The van der Waals surface area contributed by atoms with Gasteiger partial charge in [-0.15, -0.1) is 0 Å². The first-order valence-electron chi connectivity index (χ1n) is 6.81. The van der Waals surface area contributed by atoms with Crippen molar-refractivity contribution in [1.29, 1.82) is 0 Å². The molecule has 3 heterocycles. The number of carbonyl (C=O) groups excluding carboxylic acids is 1. The van der Waals surface area contributed by atoms with Gasteiger partial charge in [-0.25, -0.2) is 0 Å². The third-order valence-corrected chi connectivity index (χ3v) is 3.92. The predicted molar refractivity (Wildman–Crippen MR) is 65.4 cm³/mol. The van der Waals surface area contributed by atoms with Gasteiger partial charge in [0.25, 0.3) is 11.8 Å². The van der Waals surface area contributed by atoms with E-state index in [0.29, 0.717) is 19.5 Å². The molecule has 0 spiro atoms. The molecule has 0 atom stereocenters. The Morgan fingerprint density at radius 2 is 2.00 bits per heavy atom. The highest BCUT2D eigenvalue weighted by Gasteiger charge is 2.32. The third-order valence-electron chi connectivity index (χ3n) is 3.92. The van der Waals surface area contributed by atoms with E-state index in [9.17, 15) is 13.6 Å². The van der Waals surface area contributed by atoms with Crippen LogP contribution in [-0.2, 0) is 4.79 Å². The SMILES string of the molecule is O=C1CCCN1C1CCN(c2noc(C(F)F)n2)CC1. The number of amides is 1. The molecule has 2 aliphatic rings. The number of halogens is 2. The van der Waals surface area contributed by atoms with E-state index in [1.54, 1.807) is 0 Å². The highest BCUT2D eigenvalue weighted by molar-refractivity contribution is 5.78. The van der Waals surface area contributed by atoms with Gasteiger partial charge in [0.2, 0.25) is 5.91 Å². The Labute approximate surface area is 114 Å². The Kier molecular flexibility index (Phi) is 3.54. The normalized spacial score (nSPS) is 21.2. The fraction of sp³-hybridized carbons (Fsp3) is 0.750. The van der Waals surface area contributed by atoms with Gasteiger partial charge in [0.1, 0.15) is 0 Å². The molecule has 0 aliphatic carbocycles. The number of anilines is 1. The zero-order valence-electron chi connectivity index (χ0n) is 11.0. The lowest BCUT2D eigenvalue weighted by molar-refractivity contribution is -0.130. The minimum absolute atomic E-state index is 0.214. The van der Waals surface area contributed by atoms with Crippen molar-refractivity contribution >= 4 is 11.9 Å². The Morgan fingerprint density at radius 1 is 1.25 bits per heavy atom. The monoisotopic (exact) mass is 286 g/mol. The van der Waals surface area contributed by atoms with Gasteiger partial charge in [0.05, 0.1) is 0 Å². The van der Waals surface area contributed by atoms with Gasteiger partial charge in [-0.05, 0) is 24.4 Å². The van der Waals surface area contributed by atoms with Crippen LogP contribution < -0.4 is 4.90 Å². The second-order valence-corrected chi connectivity index (χ2v) is 5.14. The summed E-state index contributed by atoms with van der Waals surface area (Å²) in [6.45, 7) is 2.13. The summed E-state index contributed by atoms with van der Waals surface area (Å²) >= 11 is 0. The van der Waals surface area contributed by atoms with Crippen molar-refractivity contribution in [2.24, 2.45) is 0 Å². The van der Waals surface area contributed by atoms with Crippen LogP contribution >= 0.6 is 0 Å². The van der Waals surface area contributed by atoms with E-state index >= 15 is 0 Å². The van der Waals surface area contributed by atoms with Gasteiger partial charge in [0, 0.05) is 32.1 Å². The zero-order chi connectivity index (χ0) is 14.1. The van der Waals surface area contributed by atoms with Crippen LogP contribution in [0.4, 0.5) is 14.7 Å². The Balaban J connectivity index is 1.59. The summed E-state index contributed by atoms with van der Waals surface area (Å²) in [6.07, 6.45) is 0.454. The van der Waals surface area contributed by atoms with Crippen LogP contribution in [0.25, 0.3) is 0 Å². The first-order valence-corrected chi connectivity index (χ1v) is 6.81. The number of likely N-dealkylation sites (tertiary alicyclic amines) is 1. The molecule has 2 aliphatic heterocycles. The van der Waals surface area contributed by atoms with Crippen LogP contribution in [0, 0.1) is 0 Å². The number of alkyl halides is 2. The number of hydrogen-bond acceptors (Lipinski definition) is 5. The molecule has 0 unspecified atom stereocenters. The van der Waals surface area contributed by atoms with Gasteiger partial charge >= 0.3 is 6.43 Å². The average molecular weight is 286 g/mol. The molecule has 3 rings (SSSR count). The quantitative estimate of drug-likeness (QED) is 0.844. The van der Waals surface area contributed by atoms with Gasteiger partial charge in [-0.1, -0.05) is 0 Å². The number of nitrogens with zero attached hydrogens (tertiary/aromatic N) is 4. The Morgan fingerprint density at radius 3 is 2.55 bits per heavy atom. The average Bonchev–Trinajstić information content (AvgIpc) is 3.07. The summed E-state index contributed by atoms with van der Waals surface area (Å²) < 4.78 is 29.3. The van der Waals surface area contributed by atoms with E-state index in [1.165, 1.54) is 0 Å². The summed E-state index contributed by atoms with van der Waals surface area (Å²) in [5.41, 5.74) is 0. The van der Waals surface area contributed by atoms with Gasteiger partial charge < -0.3 is 14.3 Å². The molecule has 0 bridgehead atoms. The largest absolute Gasteiger partial charge is 0.340 e. The van der Waals surface area contributed by atoms with Crippen molar-refractivity contribution < 1.29 is 18.1 Å². The molecule has 1 aromatic heterocycles. The van der Waals surface area contributed by atoms with Crippen LogP contribution in [0.5, 0.6) is 0 Å². The second-order valence-electron chi connectivity index (χ2n) is 5.14. The van der Waals surface area contributed by atoms with Crippen molar-refractivity contribution in [3.63, 3.8) is 0 Å². The van der Waals surface area contributed by atoms with E-state index in [2.05, 4.69) is 14.7 Å². The molecular formula is C12H16F2N4O2. The standard InChI is InChI=1S/C12H16F2N4O2/c13-10(14)11-15-12(16-20-11)17-6-3-8(4-7-17)18-5-1-2-9(18)19/h8,10H,1-7H2. The van der Waals surface area contributed by atoms with E-state index in [0.717, 1.165) is 25.8 Å². The number of carbonyl (C=O) groups is 1. The highest BCUT2D eigenvalue weighted by atomic mass is 19.3. The lowest BCUT2D eigenvalue weighted by atomic mass is 10.0. The van der Waals surface area contributed by atoms with Crippen LogP contribution in [0.15, 0.2) is 4.52 Å². The lowest BCUT2D eigenvalue weighted by Gasteiger charge is -2.36. The molecule has 110 valence electrons. The van der Waals surface area contributed by atoms with E-state index < -0.39 is 12.3 Å². The fourth-order valence-corrected chi connectivity index (χ4v) is 2.88. The third kappa shape index (κ3) is 2.46. The maximum Gasteiger partial charge on any atom is 0.316 e. The smallest absolute Gasteiger partial charge is 0.316 e. The van der Waals surface area contributed by atoms with Gasteiger partial charge in [-0.2, -0.15) is 13.8 Å². The van der Waals surface area contributed by atoms with Crippen LogP contribution in [0.2, 0.25) is 0 Å². The molecule has 1 aromatic rings. The molecular weight excluding hydrogens is 270 g/mol. The van der Waals surface area contributed by atoms with Gasteiger partial charge in [0.15, 0.2) is 0 Å². The van der Waals surface area contributed by atoms with Crippen molar-refractivity contribution in [2.75, 3.05) is 24.5 Å². The van der Waals surface area contributed by atoms with Crippen LogP contribution in [0.1, 0.15) is 38.0 Å². The molecule has 6 nitrogen and oxygen atoms in total. The summed E-state index contributed by atoms with van der Waals surface area (Å²) in [7, 11) is 0. The van der Waals surface area contributed by atoms with E-state index in [1.807, 2.05) is 9.80 Å². The van der Waals surface area contributed by atoms with Crippen LogP contribution in [-0.4, -0.2) is 46.6 Å². The topological polar surface area (TPSA) is 62.5 Å². The fourth-order valence-electron chi connectivity index (χ4n) is 2.88. The molecule has 8 heteroatoms. The van der Waals surface area contributed by atoms with Crippen molar-refractivity contribution in [1.82, 2.24) is 15.0 Å². The molecule has 2 fully saturated rings. The Bertz CT molecular complexity index is 486. The minimum atomic E-state index is -2.74. The molecule has 0 radical (unpaired) electrons. The molecule has 2 saturated heterocycles. The predicted octanol–water partition coefficient (Wildman–Crippen LogP) is 1.60. The maximum absolute atomic E-state index is 12.4. The maximum atomic E-state index is 12.4. The zero-order valence-corrected chi connectivity index (χ0v) is 11.0. The van der Waals surface area contributed by atoms with Crippen molar-refractivity contribution in [2.45, 2.75) is 38.2 Å². The van der Waals surface area contributed by atoms with Crippen LogP contribution in [0.3, 0.4) is 0 Å². The molecule has 1 amide bonds.